The van der Waals surface area contributed by atoms with Crippen LogP contribution in [0.2, 0.25) is 0 Å². The van der Waals surface area contributed by atoms with Gasteiger partial charge in [0.05, 0.1) is 16.3 Å². The average molecular weight is 368 g/mol. The van der Waals surface area contributed by atoms with Crippen LogP contribution < -0.4 is 5.32 Å². The number of nitrogens with zero attached hydrogens (tertiary/aromatic N) is 2. The molecule has 4 nitrogen and oxygen atoms in total. The van der Waals surface area contributed by atoms with E-state index in [-0.39, 0.29) is 11.2 Å². The van der Waals surface area contributed by atoms with Crippen molar-refractivity contribution in [1.82, 2.24) is 9.55 Å². The lowest BCUT2D eigenvalue weighted by atomic mass is 10.0. The number of para-hydroxylation sites is 3. The zero-order valence-electron chi connectivity index (χ0n) is 15.7. The maximum absolute atomic E-state index is 12.7. The Bertz CT molecular complexity index is 917. The number of benzene rings is 2. The highest BCUT2D eigenvalue weighted by atomic mass is 32.2. The van der Waals surface area contributed by atoms with E-state index in [1.54, 1.807) is 0 Å². The summed E-state index contributed by atoms with van der Waals surface area (Å²) in [5.41, 5.74) is 4.12. The fraction of sp³-hybridized carbons (Fsp3) is 0.333. The van der Waals surface area contributed by atoms with Gasteiger partial charge in [0.2, 0.25) is 5.91 Å². The van der Waals surface area contributed by atoms with E-state index in [1.807, 2.05) is 43.3 Å². The fourth-order valence-electron chi connectivity index (χ4n) is 3.01. The van der Waals surface area contributed by atoms with Crippen molar-refractivity contribution < 1.29 is 4.79 Å². The van der Waals surface area contributed by atoms with Gasteiger partial charge in [0.25, 0.3) is 0 Å². The molecule has 0 bridgehead atoms. The smallest absolute Gasteiger partial charge is 0.237 e. The Morgan fingerprint density at radius 3 is 2.54 bits per heavy atom. The zero-order valence-corrected chi connectivity index (χ0v) is 16.5. The van der Waals surface area contributed by atoms with Crippen molar-refractivity contribution in [1.29, 1.82) is 0 Å². The van der Waals surface area contributed by atoms with Gasteiger partial charge in [-0.3, -0.25) is 4.79 Å². The molecule has 136 valence electrons. The standard InChI is InChI=1S/C21H25N3OS/c1-5-24-19-13-9-8-12-18(19)23-21(24)26-15(4)20(25)22-17-11-7-6-10-16(17)14(2)3/h6-15H,5H2,1-4H3,(H,22,25). The van der Waals surface area contributed by atoms with Crippen LogP contribution in [0.25, 0.3) is 11.0 Å². The summed E-state index contributed by atoms with van der Waals surface area (Å²) in [6.45, 7) is 9.12. The lowest BCUT2D eigenvalue weighted by Gasteiger charge is -2.16. The Morgan fingerprint density at radius 1 is 1.12 bits per heavy atom. The third kappa shape index (κ3) is 3.78. The first-order valence-electron chi connectivity index (χ1n) is 9.03. The van der Waals surface area contributed by atoms with Crippen molar-refractivity contribution in [3.05, 3.63) is 54.1 Å². The van der Waals surface area contributed by atoms with Crippen LogP contribution in [-0.2, 0) is 11.3 Å². The molecule has 3 aromatic rings. The number of carbonyl (C=O) groups is 1. The van der Waals surface area contributed by atoms with Crippen LogP contribution in [0.1, 0.15) is 39.2 Å². The number of aromatic nitrogens is 2. The summed E-state index contributed by atoms with van der Waals surface area (Å²) >= 11 is 1.50. The molecular weight excluding hydrogens is 342 g/mol. The number of imidazole rings is 1. The van der Waals surface area contributed by atoms with Gasteiger partial charge in [-0.1, -0.05) is 55.9 Å². The van der Waals surface area contributed by atoms with Crippen LogP contribution in [0.4, 0.5) is 5.69 Å². The van der Waals surface area contributed by atoms with E-state index in [2.05, 4.69) is 42.8 Å². The molecule has 1 unspecified atom stereocenters. The molecule has 0 aliphatic carbocycles. The summed E-state index contributed by atoms with van der Waals surface area (Å²) in [5.74, 6) is 0.358. The SMILES string of the molecule is CCn1c(SC(C)C(=O)Nc2ccccc2C(C)C)nc2ccccc21. The average Bonchev–Trinajstić information content (AvgIpc) is 2.98. The molecule has 2 aromatic carbocycles. The van der Waals surface area contributed by atoms with Crippen molar-refractivity contribution in [2.24, 2.45) is 0 Å². The van der Waals surface area contributed by atoms with Gasteiger partial charge in [0.1, 0.15) is 0 Å². The summed E-state index contributed by atoms with van der Waals surface area (Å²) < 4.78 is 2.16. The molecule has 5 heteroatoms. The van der Waals surface area contributed by atoms with E-state index in [4.69, 9.17) is 4.98 Å². The molecule has 0 aliphatic rings. The molecule has 1 N–H and O–H groups in total. The minimum Gasteiger partial charge on any atom is -0.325 e. The minimum atomic E-state index is -0.239. The topological polar surface area (TPSA) is 46.9 Å². The molecule has 0 saturated heterocycles. The van der Waals surface area contributed by atoms with E-state index in [0.29, 0.717) is 5.92 Å². The highest BCUT2D eigenvalue weighted by Crippen LogP contribution is 2.29. The normalized spacial score (nSPS) is 12.5. The first kappa shape index (κ1) is 18.5. The summed E-state index contributed by atoms with van der Waals surface area (Å²) in [7, 11) is 0. The number of rotatable bonds is 6. The lowest BCUT2D eigenvalue weighted by Crippen LogP contribution is -2.23. The number of nitrogens with one attached hydrogen (secondary N) is 1. The van der Waals surface area contributed by atoms with Crippen molar-refractivity contribution in [2.45, 2.75) is 50.6 Å². The number of anilines is 1. The Kier molecular flexibility index (Phi) is 5.67. The molecule has 26 heavy (non-hydrogen) atoms. The zero-order chi connectivity index (χ0) is 18.7. The summed E-state index contributed by atoms with van der Waals surface area (Å²) in [6.07, 6.45) is 0. The van der Waals surface area contributed by atoms with Crippen LogP contribution >= 0.6 is 11.8 Å². The second kappa shape index (κ2) is 7.96. The van der Waals surface area contributed by atoms with Crippen molar-refractivity contribution in [3.8, 4) is 0 Å². The third-order valence-corrected chi connectivity index (χ3v) is 5.52. The molecule has 0 fully saturated rings. The second-order valence-electron chi connectivity index (χ2n) is 6.62. The van der Waals surface area contributed by atoms with E-state index in [0.717, 1.165) is 34.0 Å². The third-order valence-electron chi connectivity index (χ3n) is 4.43. The van der Waals surface area contributed by atoms with Crippen molar-refractivity contribution >= 4 is 34.4 Å². The summed E-state index contributed by atoms with van der Waals surface area (Å²) in [5, 5.41) is 3.73. The van der Waals surface area contributed by atoms with E-state index in [9.17, 15) is 4.79 Å². The predicted molar refractivity (Wildman–Crippen MR) is 110 cm³/mol. The molecule has 1 aromatic heterocycles. The molecule has 1 atom stereocenters. The molecule has 3 rings (SSSR count). The van der Waals surface area contributed by atoms with E-state index >= 15 is 0 Å². The quantitative estimate of drug-likeness (QED) is 0.602. The molecule has 1 heterocycles. The summed E-state index contributed by atoms with van der Waals surface area (Å²) in [6, 6.07) is 16.1. The van der Waals surface area contributed by atoms with Crippen LogP contribution in [0.5, 0.6) is 0 Å². The molecule has 1 amide bonds. The second-order valence-corrected chi connectivity index (χ2v) is 7.93. The van der Waals surface area contributed by atoms with Gasteiger partial charge in [0.15, 0.2) is 5.16 Å². The van der Waals surface area contributed by atoms with Crippen LogP contribution in [-0.4, -0.2) is 20.7 Å². The first-order valence-corrected chi connectivity index (χ1v) is 9.91. The maximum atomic E-state index is 12.7. The van der Waals surface area contributed by atoms with E-state index in [1.165, 1.54) is 11.8 Å². The van der Waals surface area contributed by atoms with Gasteiger partial charge in [-0.25, -0.2) is 4.98 Å². The van der Waals surface area contributed by atoms with Crippen LogP contribution in [0.3, 0.4) is 0 Å². The Balaban J connectivity index is 1.78. The first-order chi connectivity index (χ1) is 12.5. The number of hydrogen-bond donors (Lipinski definition) is 1. The number of aryl methyl sites for hydroxylation is 1. The van der Waals surface area contributed by atoms with Gasteiger partial charge in [-0.05, 0) is 43.5 Å². The van der Waals surface area contributed by atoms with Gasteiger partial charge < -0.3 is 9.88 Å². The molecule has 0 radical (unpaired) electrons. The molecule has 0 spiro atoms. The monoisotopic (exact) mass is 367 g/mol. The lowest BCUT2D eigenvalue weighted by molar-refractivity contribution is -0.115. The number of carbonyl (C=O) groups excluding carboxylic acids is 1. The van der Waals surface area contributed by atoms with Gasteiger partial charge in [0, 0.05) is 12.2 Å². The summed E-state index contributed by atoms with van der Waals surface area (Å²) in [4.78, 5) is 17.4. The van der Waals surface area contributed by atoms with Crippen molar-refractivity contribution in [3.63, 3.8) is 0 Å². The van der Waals surface area contributed by atoms with Gasteiger partial charge in [-0.2, -0.15) is 0 Å². The van der Waals surface area contributed by atoms with Gasteiger partial charge in [-0.15, -0.1) is 0 Å². The number of thioether (sulfide) groups is 1. The maximum Gasteiger partial charge on any atom is 0.237 e. The number of hydrogen-bond acceptors (Lipinski definition) is 3. The fourth-order valence-corrected chi connectivity index (χ4v) is 4.00. The Morgan fingerprint density at radius 2 is 1.81 bits per heavy atom. The van der Waals surface area contributed by atoms with E-state index < -0.39 is 0 Å². The minimum absolute atomic E-state index is 0.00203. The van der Waals surface area contributed by atoms with Gasteiger partial charge >= 0.3 is 0 Å². The highest BCUT2D eigenvalue weighted by Gasteiger charge is 2.20. The number of amides is 1. The molecule has 0 aliphatic heterocycles. The molecule has 0 saturated carbocycles. The highest BCUT2D eigenvalue weighted by molar-refractivity contribution is 8.00. The Labute approximate surface area is 159 Å². The van der Waals surface area contributed by atoms with Crippen LogP contribution in [0, 0.1) is 0 Å². The van der Waals surface area contributed by atoms with Crippen molar-refractivity contribution in [2.75, 3.05) is 5.32 Å². The van der Waals surface area contributed by atoms with Crippen LogP contribution in [0.15, 0.2) is 53.7 Å². The largest absolute Gasteiger partial charge is 0.325 e. The number of fused-ring (bicyclic) bond motifs is 1. The Hall–Kier alpha value is -2.27. The molecular formula is C21H25N3OS. The predicted octanol–water partition coefficient (Wildman–Crippen LogP) is 5.30.